The number of hydrogen-bond donors (Lipinski definition) is 1. The highest BCUT2D eigenvalue weighted by atomic mass is 16.5. The first-order valence-electron chi connectivity index (χ1n) is 7.41. The molecule has 1 aliphatic carbocycles. The van der Waals surface area contributed by atoms with Gasteiger partial charge in [-0.1, -0.05) is 12.1 Å². The van der Waals surface area contributed by atoms with Crippen LogP contribution in [0.15, 0.2) is 18.2 Å². The molecule has 1 aromatic rings. The number of hydrogen-bond acceptors (Lipinski definition) is 3. The number of ether oxygens (including phenoxy) is 2. The zero-order valence-corrected chi connectivity index (χ0v) is 11.4. The summed E-state index contributed by atoms with van der Waals surface area (Å²) in [6.45, 7) is 2.24. The zero-order valence-electron chi connectivity index (χ0n) is 11.4. The van der Waals surface area contributed by atoms with Crippen molar-refractivity contribution in [3.8, 4) is 11.5 Å². The first kappa shape index (κ1) is 11.6. The lowest BCUT2D eigenvalue weighted by Gasteiger charge is -2.48. The number of methoxy groups -OCH3 is 1. The fourth-order valence-corrected chi connectivity index (χ4v) is 4.55. The van der Waals surface area contributed by atoms with E-state index in [0.29, 0.717) is 12.0 Å². The number of rotatable bonds is 1. The minimum atomic E-state index is 0.243. The Balaban J connectivity index is 1.88. The van der Waals surface area contributed by atoms with Gasteiger partial charge in [-0.3, -0.25) is 0 Å². The second-order valence-corrected chi connectivity index (χ2v) is 6.07. The Morgan fingerprint density at radius 1 is 1.37 bits per heavy atom. The molecule has 3 heteroatoms. The van der Waals surface area contributed by atoms with Crippen molar-refractivity contribution in [1.29, 1.82) is 0 Å². The topological polar surface area (TPSA) is 30.5 Å². The lowest BCUT2D eigenvalue weighted by Crippen LogP contribution is -2.55. The molecule has 3 atom stereocenters. The molecule has 1 N–H and O–H groups in total. The number of fused-ring (bicyclic) bond motifs is 1. The molecule has 1 spiro atoms. The van der Waals surface area contributed by atoms with Crippen LogP contribution in [0.25, 0.3) is 0 Å². The van der Waals surface area contributed by atoms with Gasteiger partial charge >= 0.3 is 0 Å². The largest absolute Gasteiger partial charge is 0.493 e. The van der Waals surface area contributed by atoms with E-state index in [-0.39, 0.29) is 5.41 Å². The van der Waals surface area contributed by atoms with Crippen molar-refractivity contribution in [2.24, 2.45) is 5.92 Å². The van der Waals surface area contributed by atoms with Crippen LogP contribution >= 0.6 is 0 Å². The lowest BCUT2D eigenvalue weighted by molar-refractivity contribution is 0.0314. The average molecular weight is 259 g/mol. The van der Waals surface area contributed by atoms with E-state index >= 15 is 0 Å². The highest BCUT2D eigenvalue weighted by Gasteiger charge is 2.56. The third kappa shape index (κ3) is 1.42. The molecule has 2 aliphatic heterocycles. The molecule has 4 rings (SSSR count). The molecule has 2 fully saturated rings. The van der Waals surface area contributed by atoms with Crippen LogP contribution in [-0.2, 0) is 5.41 Å². The number of nitrogens with one attached hydrogen (secondary N) is 1. The van der Waals surface area contributed by atoms with Crippen LogP contribution < -0.4 is 14.8 Å². The minimum absolute atomic E-state index is 0.243. The van der Waals surface area contributed by atoms with Crippen LogP contribution in [0.3, 0.4) is 0 Å². The molecule has 0 bridgehead atoms. The maximum absolute atomic E-state index is 6.34. The molecule has 1 aromatic carbocycles. The van der Waals surface area contributed by atoms with Crippen LogP contribution in [-0.4, -0.2) is 26.3 Å². The molecule has 1 saturated carbocycles. The van der Waals surface area contributed by atoms with E-state index in [1.165, 1.54) is 31.2 Å². The fraction of sp³-hybridized carbons (Fsp3) is 0.625. The van der Waals surface area contributed by atoms with Crippen molar-refractivity contribution < 1.29 is 9.47 Å². The van der Waals surface area contributed by atoms with E-state index in [1.807, 2.05) is 6.07 Å². The zero-order chi connectivity index (χ0) is 12.9. The summed E-state index contributed by atoms with van der Waals surface area (Å²) >= 11 is 0. The van der Waals surface area contributed by atoms with E-state index in [1.54, 1.807) is 7.11 Å². The molecule has 3 unspecified atom stereocenters. The molecule has 0 radical (unpaired) electrons. The summed E-state index contributed by atoms with van der Waals surface area (Å²) in [5, 5.41) is 3.56. The SMILES string of the molecule is COc1cccc2c1OC1CCCC3CNCCC231. The third-order valence-electron chi connectivity index (χ3n) is 5.39. The highest BCUT2D eigenvalue weighted by molar-refractivity contribution is 5.55. The minimum Gasteiger partial charge on any atom is -0.493 e. The van der Waals surface area contributed by atoms with Crippen LogP contribution in [0.1, 0.15) is 31.2 Å². The highest BCUT2D eigenvalue weighted by Crippen LogP contribution is 2.57. The van der Waals surface area contributed by atoms with Crippen LogP contribution in [0, 0.1) is 5.92 Å². The molecule has 3 aliphatic rings. The molecular weight excluding hydrogens is 238 g/mol. The molecule has 19 heavy (non-hydrogen) atoms. The van der Waals surface area contributed by atoms with E-state index in [4.69, 9.17) is 9.47 Å². The molecule has 1 saturated heterocycles. The number of benzene rings is 1. The van der Waals surface area contributed by atoms with Crippen molar-refractivity contribution in [1.82, 2.24) is 5.32 Å². The quantitative estimate of drug-likeness (QED) is 0.840. The number of para-hydroxylation sites is 1. The molecule has 2 heterocycles. The summed E-state index contributed by atoms with van der Waals surface area (Å²) in [5.41, 5.74) is 1.65. The van der Waals surface area contributed by atoms with Crippen LogP contribution in [0.2, 0.25) is 0 Å². The van der Waals surface area contributed by atoms with Gasteiger partial charge in [0.2, 0.25) is 0 Å². The van der Waals surface area contributed by atoms with Crippen LogP contribution in [0.5, 0.6) is 11.5 Å². The van der Waals surface area contributed by atoms with Crippen molar-refractivity contribution in [3.05, 3.63) is 23.8 Å². The van der Waals surface area contributed by atoms with Gasteiger partial charge in [-0.05, 0) is 50.8 Å². The van der Waals surface area contributed by atoms with Gasteiger partial charge < -0.3 is 14.8 Å². The molecule has 102 valence electrons. The van der Waals surface area contributed by atoms with E-state index < -0.39 is 0 Å². The first-order valence-corrected chi connectivity index (χ1v) is 7.41. The Hall–Kier alpha value is -1.22. The summed E-state index contributed by atoms with van der Waals surface area (Å²) in [4.78, 5) is 0. The van der Waals surface area contributed by atoms with Crippen molar-refractivity contribution in [2.75, 3.05) is 20.2 Å². The molecule has 0 amide bonds. The van der Waals surface area contributed by atoms with Gasteiger partial charge in [0.15, 0.2) is 11.5 Å². The Bertz CT molecular complexity index is 500. The standard InChI is InChI=1S/C16H21NO2/c1-18-13-6-3-5-12-15(13)19-14-7-2-4-11-10-17-9-8-16(11,12)14/h3,5-6,11,14,17H,2,4,7-10H2,1H3. The normalized spacial score (nSPS) is 35.8. The Morgan fingerprint density at radius 2 is 2.32 bits per heavy atom. The molecular formula is C16H21NO2. The Labute approximate surface area is 114 Å². The van der Waals surface area contributed by atoms with Gasteiger partial charge in [0.1, 0.15) is 6.10 Å². The first-order chi connectivity index (χ1) is 9.36. The average Bonchev–Trinajstić information content (AvgIpc) is 2.80. The summed E-state index contributed by atoms with van der Waals surface area (Å²) in [6.07, 6.45) is 5.36. The van der Waals surface area contributed by atoms with Crippen molar-refractivity contribution in [2.45, 2.75) is 37.2 Å². The maximum atomic E-state index is 6.34. The van der Waals surface area contributed by atoms with Gasteiger partial charge in [-0.2, -0.15) is 0 Å². The van der Waals surface area contributed by atoms with Crippen molar-refractivity contribution in [3.63, 3.8) is 0 Å². The van der Waals surface area contributed by atoms with Crippen LogP contribution in [0.4, 0.5) is 0 Å². The van der Waals surface area contributed by atoms with Gasteiger partial charge in [0.05, 0.1) is 7.11 Å². The smallest absolute Gasteiger partial charge is 0.165 e. The fourth-order valence-electron chi connectivity index (χ4n) is 4.55. The number of piperidine rings is 1. The maximum Gasteiger partial charge on any atom is 0.165 e. The summed E-state index contributed by atoms with van der Waals surface area (Å²) in [7, 11) is 1.73. The van der Waals surface area contributed by atoms with Crippen molar-refractivity contribution >= 4 is 0 Å². The predicted molar refractivity (Wildman–Crippen MR) is 73.9 cm³/mol. The van der Waals surface area contributed by atoms with E-state index in [2.05, 4.69) is 17.4 Å². The summed E-state index contributed by atoms with van der Waals surface area (Å²) < 4.78 is 11.8. The summed E-state index contributed by atoms with van der Waals surface area (Å²) in [5.74, 6) is 2.63. The van der Waals surface area contributed by atoms with E-state index in [0.717, 1.165) is 24.6 Å². The Kier molecular flexibility index (Phi) is 2.52. The third-order valence-corrected chi connectivity index (χ3v) is 5.39. The lowest BCUT2D eigenvalue weighted by atomic mass is 9.59. The van der Waals surface area contributed by atoms with Gasteiger partial charge in [-0.15, -0.1) is 0 Å². The second kappa shape index (κ2) is 4.14. The monoisotopic (exact) mass is 259 g/mol. The van der Waals surface area contributed by atoms with Gasteiger partial charge in [0.25, 0.3) is 0 Å². The second-order valence-electron chi connectivity index (χ2n) is 6.07. The van der Waals surface area contributed by atoms with Gasteiger partial charge in [-0.25, -0.2) is 0 Å². The molecule has 0 aromatic heterocycles. The Morgan fingerprint density at radius 3 is 3.21 bits per heavy atom. The van der Waals surface area contributed by atoms with E-state index in [9.17, 15) is 0 Å². The summed E-state index contributed by atoms with van der Waals surface area (Å²) in [6, 6.07) is 6.40. The molecule has 3 nitrogen and oxygen atoms in total. The predicted octanol–water partition coefficient (Wildman–Crippen LogP) is 2.49. The van der Waals surface area contributed by atoms with Gasteiger partial charge in [0, 0.05) is 11.0 Å².